The molecule has 3 rings (SSSR count). The number of amides is 1. The molecule has 1 aromatic carbocycles. The highest BCUT2D eigenvalue weighted by molar-refractivity contribution is 5.96. The summed E-state index contributed by atoms with van der Waals surface area (Å²) in [6.07, 6.45) is 4.05. The molecule has 4 nitrogen and oxygen atoms in total. The van der Waals surface area contributed by atoms with Crippen molar-refractivity contribution in [1.82, 2.24) is 0 Å². The van der Waals surface area contributed by atoms with Gasteiger partial charge in [-0.3, -0.25) is 4.79 Å². The maximum atomic E-state index is 12.7. The lowest BCUT2D eigenvalue weighted by Gasteiger charge is -2.31. The molecule has 7 heteroatoms. The van der Waals surface area contributed by atoms with E-state index in [1.54, 1.807) is 17.0 Å². The largest absolute Gasteiger partial charge is 0.435 e. The lowest BCUT2D eigenvalue weighted by atomic mass is 9.98. The van der Waals surface area contributed by atoms with Crippen molar-refractivity contribution in [3.05, 3.63) is 23.8 Å². The van der Waals surface area contributed by atoms with Crippen LogP contribution in [0.2, 0.25) is 0 Å². The quantitative estimate of drug-likeness (QED) is 0.915. The fourth-order valence-electron chi connectivity index (χ4n) is 3.44. The van der Waals surface area contributed by atoms with Crippen molar-refractivity contribution >= 4 is 24.0 Å². The van der Waals surface area contributed by atoms with Gasteiger partial charge in [-0.05, 0) is 55.9 Å². The first-order valence-electron chi connectivity index (χ1n) is 7.69. The molecule has 2 aliphatic rings. The number of aryl methyl sites for hydroxylation is 1. The average Bonchev–Trinajstić information content (AvgIpc) is 2.91. The molecule has 0 aromatic heterocycles. The summed E-state index contributed by atoms with van der Waals surface area (Å²) in [5, 5.41) is 0. The Morgan fingerprint density at radius 2 is 2.13 bits per heavy atom. The van der Waals surface area contributed by atoms with Crippen LogP contribution in [0.4, 0.5) is 14.5 Å². The number of hydrogen-bond donors (Lipinski definition) is 1. The summed E-state index contributed by atoms with van der Waals surface area (Å²) in [6, 6.07) is 4.93. The van der Waals surface area contributed by atoms with Crippen LogP contribution in [-0.2, 0) is 11.2 Å². The Balaban J connectivity index is 0.00000192. The SMILES string of the molecule is Cl.NC1CCC(C(=O)N2CCCc3cc(OC(F)F)ccc32)C1. The Morgan fingerprint density at radius 1 is 1.35 bits per heavy atom. The van der Waals surface area contributed by atoms with E-state index in [0.29, 0.717) is 6.54 Å². The monoisotopic (exact) mass is 346 g/mol. The van der Waals surface area contributed by atoms with Crippen molar-refractivity contribution in [2.24, 2.45) is 11.7 Å². The maximum absolute atomic E-state index is 12.7. The minimum absolute atomic E-state index is 0. The van der Waals surface area contributed by atoms with E-state index >= 15 is 0 Å². The van der Waals surface area contributed by atoms with Gasteiger partial charge in [0, 0.05) is 24.2 Å². The highest BCUT2D eigenvalue weighted by Gasteiger charge is 2.33. The van der Waals surface area contributed by atoms with Crippen LogP contribution in [0.5, 0.6) is 5.75 Å². The molecule has 1 saturated carbocycles. The van der Waals surface area contributed by atoms with E-state index in [1.165, 1.54) is 6.07 Å². The number of carbonyl (C=O) groups excluding carboxylic acids is 1. The lowest BCUT2D eigenvalue weighted by Crippen LogP contribution is -2.39. The highest BCUT2D eigenvalue weighted by atomic mass is 35.5. The van der Waals surface area contributed by atoms with Crippen molar-refractivity contribution in [2.45, 2.75) is 44.8 Å². The van der Waals surface area contributed by atoms with Gasteiger partial charge in [-0.15, -0.1) is 12.4 Å². The molecule has 1 aliphatic carbocycles. The van der Waals surface area contributed by atoms with Crippen LogP contribution in [0.25, 0.3) is 0 Å². The third-order valence-electron chi connectivity index (χ3n) is 4.48. The van der Waals surface area contributed by atoms with Crippen LogP contribution in [0.1, 0.15) is 31.2 Å². The van der Waals surface area contributed by atoms with Gasteiger partial charge in [-0.2, -0.15) is 8.78 Å². The number of carbonyl (C=O) groups is 1. The Labute approximate surface area is 140 Å². The number of rotatable bonds is 3. The minimum Gasteiger partial charge on any atom is -0.435 e. The zero-order chi connectivity index (χ0) is 15.7. The van der Waals surface area contributed by atoms with Gasteiger partial charge in [0.1, 0.15) is 5.75 Å². The van der Waals surface area contributed by atoms with Crippen LogP contribution >= 0.6 is 12.4 Å². The first-order chi connectivity index (χ1) is 10.5. The predicted molar refractivity (Wildman–Crippen MR) is 86.3 cm³/mol. The number of hydrogen-bond acceptors (Lipinski definition) is 3. The molecule has 0 saturated heterocycles. The Hall–Kier alpha value is -1.40. The topological polar surface area (TPSA) is 55.6 Å². The van der Waals surface area contributed by atoms with Gasteiger partial charge in [-0.1, -0.05) is 0 Å². The number of benzene rings is 1. The zero-order valence-electron chi connectivity index (χ0n) is 12.7. The van der Waals surface area contributed by atoms with Crippen molar-refractivity contribution in [1.29, 1.82) is 0 Å². The van der Waals surface area contributed by atoms with Gasteiger partial charge in [-0.25, -0.2) is 0 Å². The third-order valence-corrected chi connectivity index (χ3v) is 4.48. The number of nitrogens with zero attached hydrogens (tertiary/aromatic N) is 1. The zero-order valence-corrected chi connectivity index (χ0v) is 13.5. The third kappa shape index (κ3) is 3.93. The number of halogens is 3. The minimum atomic E-state index is -2.83. The summed E-state index contributed by atoms with van der Waals surface area (Å²) in [6.45, 7) is -2.16. The van der Waals surface area contributed by atoms with Crippen molar-refractivity contribution < 1.29 is 18.3 Å². The van der Waals surface area contributed by atoms with Gasteiger partial charge in [0.25, 0.3) is 0 Å². The predicted octanol–water partition coefficient (Wildman–Crippen LogP) is 3.12. The summed E-state index contributed by atoms with van der Waals surface area (Å²) >= 11 is 0. The van der Waals surface area contributed by atoms with Crippen molar-refractivity contribution in [2.75, 3.05) is 11.4 Å². The second-order valence-electron chi connectivity index (χ2n) is 6.03. The molecule has 1 amide bonds. The van der Waals surface area contributed by atoms with Gasteiger partial charge in [0.2, 0.25) is 5.91 Å². The van der Waals surface area contributed by atoms with Crippen LogP contribution in [0.15, 0.2) is 18.2 Å². The van der Waals surface area contributed by atoms with Gasteiger partial charge in [0.05, 0.1) is 0 Å². The maximum Gasteiger partial charge on any atom is 0.387 e. The Kier molecular flexibility index (Phi) is 5.81. The molecule has 1 aromatic rings. The summed E-state index contributed by atoms with van der Waals surface area (Å²) in [7, 11) is 0. The second-order valence-corrected chi connectivity index (χ2v) is 6.03. The summed E-state index contributed by atoms with van der Waals surface area (Å²) < 4.78 is 29.0. The first-order valence-corrected chi connectivity index (χ1v) is 7.69. The molecule has 0 bridgehead atoms. The van der Waals surface area contributed by atoms with E-state index in [-0.39, 0.29) is 36.0 Å². The molecule has 0 radical (unpaired) electrons. The summed E-state index contributed by atoms with van der Waals surface area (Å²) in [5.41, 5.74) is 7.60. The molecule has 23 heavy (non-hydrogen) atoms. The Bertz CT molecular complexity index is 571. The number of nitrogens with two attached hydrogens (primary N) is 1. The van der Waals surface area contributed by atoms with E-state index in [0.717, 1.165) is 43.4 Å². The van der Waals surface area contributed by atoms with E-state index in [2.05, 4.69) is 4.74 Å². The number of anilines is 1. The summed E-state index contributed by atoms with van der Waals surface area (Å²) in [5.74, 6) is 0.236. The molecule has 0 spiro atoms. The fraction of sp³-hybridized carbons (Fsp3) is 0.562. The number of fused-ring (bicyclic) bond motifs is 1. The molecule has 2 unspecified atom stereocenters. The van der Waals surface area contributed by atoms with Crippen LogP contribution in [0, 0.1) is 5.92 Å². The van der Waals surface area contributed by atoms with Crippen LogP contribution in [-0.4, -0.2) is 25.1 Å². The first kappa shape index (κ1) is 17.9. The highest BCUT2D eigenvalue weighted by Crippen LogP contribution is 2.34. The fourth-order valence-corrected chi connectivity index (χ4v) is 3.44. The number of ether oxygens (including phenoxy) is 1. The summed E-state index contributed by atoms with van der Waals surface area (Å²) in [4.78, 5) is 14.5. The van der Waals surface area contributed by atoms with E-state index in [4.69, 9.17) is 5.73 Å². The van der Waals surface area contributed by atoms with Gasteiger partial charge in [0.15, 0.2) is 0 Å². The van der Waals surface area contributed by atoms with Gasteiger partial charge >= 0.3 is 6.61 Å². The Morgan fingerprint density at radius 3 is 2.78 bits per heavy atom. The van der Waals surface area contributed by atoms with E-state index in [1.807, 2.05) is 0 Å². The van der Waals surface area contributed by atoms with Crippen LogP contribution in [0.3, 0.4) is 0 Å². The molecule has 128 valence electrons. The molecular formula is C16H21ClF2N2O2. The van der Waals surface area contributed by atoms with Crippen molar-refractivity contribution in [3.8, 4) is 5.75 Å². The number of alkyl halides is 2. The van der Waals surface area contributed by atoms with Gasteiger partial charge < -0.3 is 15.4 Å². The molecular weight excluding hydrogens is 326 g/mol. The smallest absolute Gasteiger partial charge is 0.387 e. The van der Waals surface area contributed by atoms with E-state index in [9.17, 15) is 13.6 Å². The molecule has 1 heterocycles. The normalized spacial score (nSPS) is 23.4. The second kappa shape index (κ2) is 7.45. The van der Waals surface area contributed by atoms with Crippen LogP contribution < -0.4 is 15.4 Å². The molecule has 2 atom stereocenters. The molecule has 1 fully saturated rings. The van der Waals surface area contributed by atoms with E-state index < -0.39 is 6.61 Å². The average molecular weight is 347 g/mol. The molecule has 1 aliphatic heterocycles. The molecule has 2 N–H and O–H groups in total. The standard InChI is InChI=1S/C16H20F2N2O2.ClH/c17-16(18)22-13-5-6-14-10(9-13)2-1-7-20(14)15(21)11-3-4-12(19)8-11;/h5-6,9,11-12,16H,1-4,7-8,19H2;1H. The lowest BCUT2D eigenvalue weighted by molar-refractivity contribution is -0.122. The van der Waals surface area contributed by atoms with Crippen molar-refractivity contribution in [3.63, 3.8) is 0 Å².